The maximum Gasteiger partial charge on any atom is 0.109 e. The number of ether oxygens (including phenoxy) is 1. The van der Waals surface area contributed by atoms with E-state index in [0.29, 0.717) is 0 Å². The largest absolute Gasteiger partial charge is 0.394 e. The fraction of sp³-hybridized carbons (Fsp3) is 1.00. The second-order valence-corrected chi connectivity index (χ2v) is 2.06. The second kappa shape index (κ2) is 2.51. The molecule has 3 heteroatoms. The van der Waals surface area contributed by atoms with Gasteiger partial charge >= 0.3 is 0 Å². The molecule has 0 aromatic carbocycles. The normalized spacial score (nSPS) is 38.1. The molecule has 0 aliphatic carbocycles. The molecule has 0 aromatic rings. The first-order valence-corrected chi connectivity index (χ1v) is 2.85. The van der Waals surface area contributed by atoms with Crippen molar-refractivity contribution in [2.24, 2.45) is 0 Å². The van der Waals surface area contributed by atoms with Crippen LogP contribution >= 0.6 is 0 Å². The lowest BCUT2D eigenvalue weighted by Crippen LogP contribution is -2.13. The van der Waals surface area contributed by atoms with Gasteiger partial charge in [0.15, 0.2) is 0 Å². The Morgan fingerprint density at radius 3 is 2.62 bits per heavy atom. The van der Waals surface area contributed by atoms with Crippen molar-refractivity contribution in [3.05, 3.63) is 0 Å². The Morgan fingerprint density at radius 1 is 1.62 bits per heavy atom. The third-order valence-corrected chi connectivity index (χ3v) is 1.34. The zero-order chi connectivity index (χ0) is 5.98. The lowest BCUT2D eigenvalue weighted by atomic mass is 9.97. The average molecular weight is 112 g/mol. The molecule has 8 heavy (non-hydrogen) atoms. The van der Waals surface area contributed by atoms with Crippen LogP contribution in [0.1, 0.15) is 12.8 Å². The lowest BCUT2D eigenvalue weighted by molar-refractivity contribution is 0.0432. The van der Waals surface area contributed by atoms with Gasteiger partial charge in [-0.2, -0.15) is 0 Å². The molecule has 44 valence electrons. The molecular formula is C5H9BO2. The van der Waals surface area contributed by atoms with E-state index >= 15 is 0 Å². The number of aliphatic hydroxyl groups excluding tert-OH is 1. The highest BCUT2D eigenvalue weighted by molar-refractivity contribution is 6.11. The van der Waals surface area contributed by atoms with Crippen molar-refractivity contribution < 1.29 is 9.84 Å². The van der Waals surface area contributed by atoms with E-state index in [2.05, 4.69) is 0 Å². The molecule has 0 saturated carbocycles. The van der Waals surface area contributed by atoms with Crippen LogP contribution in [-0.4, -0.2) is 31.7 Å². The highest BCUT2D eigenvalue weighted by Gasteiger charge is 2.19. The smallest absolute Gasteiger partial charge is 0.109 e. The van der Waals surface area contributed by atoms with Gasteiger partial charge in [-0.25, -0.2) is 0 Å². The molecule has 1 fully saturated rings. The van der Waals surface area contributed by atoms with Gasteiger partial charge in [0, 0.05) is 6.00 Å². The van der Waals surface area contributed by atoms with Crippen molar-refractivity contribution >= 4 is 7.85 Å². The monoisotopic (exact) mass is 112 g/mol. The zero-order valence-corrected chi connectivity index (χ0v) is 4.71. The summed E-state index contributed by atoms with van der Waals surface area (Å²) < 4.78 is 5.04. The molecule has 1 unspecified atom stereocenters. The fourth-order valence-electron chi connectivity index (χ4n) is 0.868. The van der Waals surface area contributed by atoms with E-state index < -0.39 is 0 Å². The van der Waals surface area contributed by atoms with E-state index in [4.69, 9.17) is 17.7 Å². The summed E-state index contributed by atoms with van der Waals surface area (Å²) in [6.07, 6.45) is 1.79. The van der Waals surface area contributed by atoms with Gasteiger partial charge < -0.3 is 9.84 Å². The van der Waals surface area contributed by atoms with E-state index in [-0.39, 0.29) is 18.7 Å². The Labute approximate surface area is 50.3 Å². The summed E-state index contributed by atoms with van der Waals surface area (Å²) in [5.74, 6) is 0. The number of hydrogen-bond acceptors (Lipinski definition) is 2. The quantitative estimate of drug-likeness (QED) is 0.470. The molecule has 1 heterocycles. The number of aliphatic hydroxyl groups is 1. The third kappa shape index (κ3) is 1.23. The number of rotatable bonds is 1. The standard InChI is InChI=1S/C5H9BO2/c6-5-2-1-4(3-7)8-5/h4-5,7H,1-3H2/t4-,5?/m0/s1. The van der Waals surface area contributed by atoms with E-state index in [1.54, 1.807) is 0 Å². The van der Waals surface area contributed by atoms with Crippen LogP contribution in [0.5, 0.6) is 0 Å². The molecule has 1 saturated heterocycles. The highest BCUT2D eigenvalue weighted by Crippen LogP contribution is 2.15. The van der Waals surface area contributed by atoms with Crippen LogP contribution in [0.25, 0.3) is 0 Å². The molecule has 1 aliphatic rings. The van der Waals surface area contributed by atoms with E-state index in [9.17, 15) is 0 Å². The minimum Gasteiger partial charge on any atom is -0.394 e. The average Bonchev–Trinajstić information content (AvgIpc) is 2.14. The van der Waals surface area contributed by atoms with Crippen LogP contribution in [0.2, 0.25) is 0 Å². The van der Waals surface area contributed by atoms with Crippen molar-refractivity contribution in [1.29, 1.82) is 0 Å². The van der Waals surface area contributed by atoms with Crippen LogP contribution in [0.3, 0.4) is 0 Å². The maximum atomic E-state index is 8.50. The van der Waals surface area contributed by atoms with Crippen LogP contribution in [0, 0.1) is 0 Å². The molecule has 2 radical (unpaired) electrons. The van der Waals surface area contributed by atoms with Gasteiger partial charge in [-0.3, -0.25) is 0 Å². The fourth-order valence-corrected chi connectivity index (χ4v) is 0.868. The van der Waals surface area contributed by atoms with Crippen LogP contribution < -0.4 is 0 Å². The summed E-state index contributed by atoms with van der Waals surface area (Å²) >= 11 is 0. The molecule has 1 N–H and O–H groups in total. The third-order valence-electron chi connectivity index (χ3n) is 1.34. The maximum absolute atomic E-state index is 8.50. The molecule has 0 spiro atoms. The van der Waals surface area contributed by atoms with Crippen molar-refractivity contribution in [2.45, 2.75) is 24.9 Å². The SMILES string of the molecule is [B]C1CC[C@@H](CO)O1. The van der Waals surface area contributed by atoms with Gasteiger partial charge in [0.25, 0.3) is 0 Å². The summed E-state index contributed by atoms with van der Waals surface area (Å²) in [5.41, 5.74) is 0. The Kier molecular flexibility index (Phi) is 1.92. The Hall–Kier alpha value is -0.0151. The van der Waals surface area contributed by atoms with Crippen molar-refractivity contribution in [1.82, 2.24) is 0 Å². The van der Waals surface area contributed by atoms with Crippen LogP contribution in [0.4, 0.5) is 0 Å². The van der Waals surface area contributed by atoms with E-state index in [1.165, 1.54) is 0 Å². The van der Waals surface area contributed by atoms with Crippen molar-refractivity contribution in [2.75, 3.05) is 6.61 Å². The highest BCUT2D eigenvalue weighted by atomic mass is 16.5. The molecule has 1 rings (SSSR count). The minimum atomic E-state index is -0.132. The van der Waals surface area contributed by atoms with Crippen molar-refractivity contribution in [3.63, 3.8) is 0 Å². The summed E-state index contributed by atoms with van der Waals surface area (Å²) in [7, 11) is 5.37. The summed E-state index contributed by atoms with van der Waals surface area (Å²) in [6.45, 7) is 0.105. The molecule has 0 amide bonds. The Balaban J connectivity index is 2.22. The van der Waals surface area contributed by atoms with Gasteiger partial charge in [-0.1, -0.05) is 0 Å². The van der Waals surface area contributed by atoms with Gasteiger partial charge in [-0.05, 0) is 12.8 Å². The molecular weight excluding hydrogens is 103 g/mol. The number of hydrogen-bond donors (Lipinski definition) is 1. The van der Waals surface area contributed by atoms with Gasteiger partial charge in [0.1, 0.15) is 7.85 Å². The first-order chi connectivity index (χ1) is 3.83. The first kappa shape index (κ1) is 6.11. The molecule has 2 nitrogen and oxygen atoms in total. The molecule has 0 aromatic heterocycles. The van der Waals surface area contributed by atoms with Crippen LogP contribution in [0.15, 0.2) is 0 Å². The zero-order valence-electron chi connectivity index (χ0n) is 4.71. The molecule has 1 aliphatic heterocycles. The Morgan fingerprint density at radius 2 is 2.38 bits per heavy atom. The van der Waals surface area contributed by atoms with Gasteiger partial charge in [0.05, 0.1) is 12.7 Å². The minimum absolute atomic E-state index is 0.00463. The van der Waals surface area contributed by atoms with Gasteiger partial charge in [-0.15, -0.1) is 0 Å². The summed E-state index contributed by atoms with van der Waals surface area (Å²) in [4.78, 5) is 0. The van der Waals surface area contributed by atoms with Crippen molar-refractivity contribution in [3.8, 4) is 0 Å². The molecule has 2 atom stereocenters. The van der Waals surface area contributed by atoms with Gasteiger partial charge in [0.2, 0.25) is 0 Å². The Bertz CT molecular complexity index is 76.8. The molecule has 0 bridgehead atoms. The predicted octanol–water partition coefficient (Wildman–Crippen LogP) is -0.348. The first-order valence-electron chi connectivity index (χ1n) is 2.85. The topological polar surface area (TPSA) is 29.5 Å². The van der Waals surface area contributed by atoms with E-state index in [0.717, 1.165) is 12.8 Å². The lowest BCUT2D eigenvalue weighted by Gasteiger charge is -2.05. The summed E-state index contributed by atoms with van der Waals surface area (Å²) in [6, 6.07) is -0.132. The second-order valence-electron chi connectivity index (χ2n) is 2.06. The summed E-state index contributed by atoms with van der Waals surface area (Å²) in [5, 5.41) is 8.50. The van der Waals surface area contributed by atoms with Crippen LogP contribution in [-0.2, 0) is 4.74 Å². The predicted molar refractivity (Wildman–Crippen MR) is 30.7 cm³/mol. The van der Waals surface area contributed by atoms with E-state index in [1.807, 2.05) is 0 Å².